The summed E-state index contributed by atoms with van der Waals surface area (Å²) in [5.74, 6) is -0.982. The van der Waals surface area contributed by atoms with Crippen molar-refractivity contribution in [1.82, 2.24) is 10.6 Å². The van der Waals surface area contributed by atoms with Crippen LogP contribution in [0.1, 0.15) is 20.8 Å². The molecule has 110 valence electrons. The molecule has 0 bridgehead atoms. The quantitative estimate of drug-likeness (QED) is 0.757. The molecule has 5 nitrogen and oxygen atoms in total. The molecule has 0 aliphatic heterocycles. The van der Waals surface area contributed by atoms with Crippen molar-refractivity contribution in [3.63, 3.8) is 0 Å². The predicted octanol–water partition coefficient (Wildman–Crippen LogP) is 3.21. The number of amides is 2. The molecule has 1 heterocycles. The van der Waals surface area contributed by atoms with Gasteiger partial charge >= 0.3 is 12.0 Å². The third-order valence-electron chi connectivity index (χ3n) is 2.67. The Morgan fingerprint density at radius 1 is 1.19 bits per heavy atom. The lowest BCUT2D eigenvalue weighted by molar-refractivity contribution is 0.0696. The molecule has 0 unspecified atom stereocenters. The second kappa shape index (κ2) is 7.24. The molecule has 2 rings (SSSR count). The van der Waals surface area contributed by atoms with Gasteiger partial charge < -0.3 is 15.7 Å². The average molecular weight is 369 g/mol. The number of carbonyl (C=O) groups excluding carboxylic acids is 1. The first-order valence-electron chi connectivity index (χ1n) is 6.11. The summed E-state index contributed by atoms with van der Waals surface area (Å²) in [6.45, 7) is 0.734. The molecule has 0 saturated carbocycles. The van der Waals surface area contributed by atoms with Crippen LogP contribution in [0.4, 0.5) is 4.79 Å². The van der Waals surface area contributed by atoms with Crippen LogP contribution in [0.2, 0.25) is 0 Å². The van der Waals surface area contributed by atoms with Crippen molar-refractivity contribution in [2.75, 3.05) is 0 Å². The van der Waals surface area contributed by atoms with E-state index in [9.17, 15) is 9.59 Å². The highest BCUT2D eigenvalue weighted by Crippen LogP contribution is 2.19. The zero-order chi connectivity index (χ0) is 15.2. The molecule has 0 fully saturated rings. The molecule has 7 heteroatoms. The fourth-order valence-electron chi connectivity index (χ4n) is 1.67. The number of carboxylic acids is 1. The van der Waals surface area contributed by atoms with Crippen LogP contribution in [0, 0.1) is 0 Å². The number of benzene rings is 1. The fourth-order valence-corrected chi connectivity index (χ4v) is 3.06. The number of hydrogen-bond acceptors (Lipinski definition) is 3. The first-order valence-corrected chi connectivity index (χ1v) is 7.78. The molecule has 0 radical (unpaired) electrons. The van der Waals surface area contributed by atoms with Crippen molar-refractivity contribution in [1.29, 1.82) is 0 Å². The first-order chi connectivity index (χ1) is 10.0. The van der Waals surface area contributed by atoms with E-state index < -0.39 is 5.97 Å². The van der Waals surface area contributed by atoms with E-state index in [1.54, 1.807) is 29.5 Å². The van der Waals surface area contributed by atoms with E-state index in [0.717, 1.165) is 14.9 Å². The molecule has 0 saturated heterocycles. The highest BCUT2D eigenvalue weighted by Gasteiger charge is 2.05. The molecule has 1 aromatic heterocycles. The zero-order valence-electron chi connectivity index (χ0n) is 10.9. The minimum absolute atomic E-state index is 0.207. The Bertz CT molecular complexity index is 657. The third kappa shape index (κ3) is 4.87. The number of carbonyl (C=O) groups is 2. The van der Waals surface area contributed by atoms with E-state index >= 15 is 0 Å². The maximum Gasteiger partial charge on any atom is 0.335 e. The second-order valence-corrected chi connectivity index (χ2v) is 6.18. The summed E-state index contributed by atoms with van der Waals surface area (Å²) in [7, 11) is 0. The van der Waals surface area contributed by atoms with Crippen LogP contribution in [0.25, 0.3) is 0 Å². The third-order valence-corrected chi connectivity index (χ3v) is 4.37. The Balaban J connectivity index is 1.81. The number of rotatable bonds is 5. The minimum Gasteiger partial charge on any atom is -0.478 e. The number of thiophene rings is 1. The molecule has 21 heavy (non-hydrogen) atoms. The lowest BCUT2D eigenvalue weighted by Gasteiger charge is -2.07. The molecule has 2 amide bonds. The van der Waals surface area contributed by atoms with Crippen molar-refractivity contribution in [3.8, 4) is 0 Å². The van der Waals surface area contributed by atoms with Crippen LogP contribution < -0.4 is 10.6 Å². The summed E-state index contributed by atoms with van der Waals surface area (Å²) >= 11 is 4.91. The van der Waals surface area contributed by atoms with Gasteiger partial charge in [-0.3, -0.25) is 0 Å². The maximum absolute atomic E-state index is 11.7. The molecule has 0 aliphatic rings. The van der Waals surface area contributed by atoms with E-state index in [1.807, 2.05) is 11.4 Å². The summed E-state index contributed by atoms with van der Waals surface area (Å²) in [5.41, 5.74) is 0.946. The molecule has 3 N–H and O–H groups in total. The number of carboxylic acid groups (broad SMARTS) is 1. The monoisotopic (exact) mass is 368 g/mol. The largest absolute Gasteiger partial charge is 0.478 e. The van der Waals surface area contributed by atoms with Gasteiger partial charge in [-0.2, -0.15) is 0 Å². The highest BCUT2D eigenvalue weighted by molar-refractivity contribution is 9.10. The van der Waals surface area contributed by atoms with E-state index in [-0.39, 0.29) is 18.1 Å². The fraction of sp³-hybridized carbons (Fsp3) is 0.143. The average Bonchev–Trinajstić information content (AvgIpc) is 2.89. The van der Waals surface area contributed by atoms with Crippen LogP contribution in [0.3, 0.4) is 0 Å². The summed E-state index contributed by atoms with van der Waals surface area (Å²) < 4.78 is 0.996. The van der Waals surface area contributed by atoms with Gasteiger partial charge in [0, 0.05) is 21.3 Å². The van der Waals surface area contributed by atoms with Gasteiger partial charge in [-0.05, 0) is 39.7 Å². The van der Waals surface area contributed by atoms with Gasteiger partial charge in [-0.1, -0.05) is 12.1 Å². The first kappa shape index (κ1) is 15.5. The van der Waals surface area contributed by atoms with Gasteiger partial charge in [0.15, 0.2) is 0 Å². The summed E-state index contributed by atoms with van der Waals surface area (Å²) in [6.07, 6.45) is 0. The van der Waals surface area contributed by atoms with Gasteiger partial charge in [-0.25, -0.2) is 9.59 Å². The van der Waals surface area contributed by atoms with Crippen LogP contribution >= 0.6 is 27.3 Å². The topological polar surface area (TPSA) is 78.4 Å². The number of nitrogens with one attached hydrogen (secondary N) is 2. The lowest BCUT2D eigenvalue weighted by Crippen LogP contribution is -2.34. The number of hydrogen-bond donors (Lipinski definition) is 3. The van der Waals surface area contributed by atoms with Gasteiger partial charge in [0.05, 0.1) is 12.1 Å². The molecule has 2 aromatic rings. The normalized spacial score (nSPS) is 10.1. The second-order valence-electron chi connectivity index (χ2n) is 4.27. The smallest absolute Gasteiger partial charge is 0.335 e. The lowest BCUT2D eigenvalue weighted by atomic mass is 10.1. The van der Waals surface area contributed by atoms with Crippen molar-refractivity contribution >= 4 is 39.3 Å². The van der Waals surface area contributed by atoms with Crippen molar-refractivity contribution in [2.24, 2.45) is 0 Å². The van der Waals surface area contributed by atoms with E-state index in [2.05, 4.69) is 26.6 Å². The Hall–Kier alpha value is -1.86. The van der Waals surface area contributed by atoms with Gasteiger partial charge in [-0.15, -0.1) is 11.3 Å². The zero-order valence-corrected chi connectivity index (χ0v) is 13.3. The van der Waals surface area contributed by atoms with E-state index in [1.165, 1.54) is 6.07 Å². The SMILES string of the molecule is O=C(NCc1cccc(C(=O)O)c1)NCc1cc(Br)cs1. The number of urea groups is 1. The minimum atomic E-state index is -0.982. The van der Waals surface area contributed by atoms with E-state index in [0.29, 0.717) is 6.54 Å². The molecule has 0 spiro atoms. The van der Waals surface area contributed by atoms with Gasteiger partial charge in [0.1, 0.15) is 0 Å². The number of aromatic carboxylic acids is 1. The summed E-state index contributed by atoms with van der Waals surface area (Å²) in [6, 6.07) is 8.13. The maximum atomic E-state index is 11.7. The van der Waals surface area contributed by atoms with Crippen LogP contribution in [-0.4, -0.2) is 17.1 Å². The predicted molar refractivity (Wildman–Crippen MR) is 84.5 cm³/mol. The highest BCUT2D eigenvalue weighted by atomic mass is 79.9. The summed E-state index contributed by atoms with van der Waals surface area (Å²) in [4.78, 5) is 23.6. The van der Waals surface area contributed by atoms with Crippen LogP contribution in [-0.2, 0) is 13.1 Å². The van der Waals surface area contributed by atoms with Crippen molar-refractivity contribution < 1.29 is 14.7 Å². The van der Waals surface area contributed by atoms with Crippen molar-refractivity contribution in [2.45, 2.75) is 13.1 Å². The van der Waals surface area contributed by atoms with Gasteiger partial charge in [0.2, 0.25) is 0 Å². The van der Waals surface area contributed by atoms with Crippen molar-refractivity contribution in [3.05, 3.63) is 56.2 Å². The molecule has 1 aromatic carbocycles. The standard InChI is InChI=1S/C14H13BrN2O3S/c15-11-5-12(21-8-11)7-17-14(20)16-6-9-2-1-3-10(4-9)13(18)19/h1-5,8H,6-7H2,(H,18,19)(H2,16,17,20). The molecule has 0 atom stereocenters. The number of halogens is 1. The Kier molecular flexibility index (Phi) is 5.35. The van der Waals surface area contributed by atoms with E-state index in [4.69, 9.17) is 5.11 Å². The van der Waals surface area contributed by atoms with Gasteiger partial charge in [0.25, 0.3) is 0 Å². The molecular weight excluding hydrogens is 356 g/mol. The van der Waals surface area contributed by atoms with Crippen LogP contribution in [0.15, 0.2) is 40.2 Å². The Labute approximate surface area is 134 Å². The summed E-state index contributed by atoms with van der Waals surface area (Å²) in [5, 5.41) is 16.3. The Morgan fingerprint density at radius 3 is 2.62 bits per heavy atom. The van der Waals surface area contributed by atoms with Crippen LogP contribution in [0.5, 0.6) is 0 Å². The molecule has 0 aliphatic carbocycles. The molecular formula is C14H13BrN2O3S. The Morgan fingerprint density at radius 2 is 1.95 bits per heavy atom.